The van der Waals surface area contributed by atoms with Crippen LogP contribution in [-0.4, -0.2) is 30.3 Å². The molecule has 0 saturated carbocycles. The molecule has 19 heavy (non-hydrogen) atoms. The molecule has 1 aliphatic heterocycles. The molecule has 1 fully saturated rings. The van der Waals surface area contributed by atoms with Crippen LogP contribution in [0.5, 0.6) is 0 Å². The van der Waals surface area contributed by atoms with Crippen LogP contribution in [0.3, 0.4) is 0 Å². The van der Waals surface area contributed by atoms with Crippen molar-refractivity contribution < 1.29 is 19.0 Å². The van der Waals surface area contributed by atoms with E-state index in [4.69, 9.17) is 4.74 Å². The van der Waals surface area contributed by atoms with Crippen LogP contribution in [0.1, 0.15) is 30.0 Å². The smallest absolute Gasteiger partial charge is 0.325 e. The third-order valence-corrected chi connectivity index (χ3v) is 3.35. The van der Waals surface area contributed by atoms with E-state index >= 15 is 0 Å². The van der Waals surface area contributed by atoms with Gasteiger partial charge >= 0.3 is 5.97 Å². The van der Waals surface area contributed by atoms with Crippen molar-refractivity contribution in [3.8, 4) is 0 Å². The Labute approximate surface area is 111 Å². The van der Waals surface area contributed by atoms with Gasteiger partial charge in [-0.25, -0.2) is 4.39 Å². The molecule has 0 bridgehead atoms. The van der Waals surface area contributed by atoms with Crippen LogP contribution in [0.4, 0.5) is 4.39 Å². The van der Waals surface area contributed by atoms with E-state index in [1.807, 2.05) is 0 Å². The molecule has 0 amide bonds. The normalized spacial score (nSPS) is 20.4. The van der Waals surface area contributed by atoms with Gasteiger partial charge in [-0.2, -0.15) is 0 Å². The van der Waals surface area contributed by atoms with E-state index in [0.717, 1.165) is 19.4 Å². The van der Waals surface area contributed by atoms with Gasteiger partial charge in [0, 0.05) is 13.2 Å². The Morgan fingerprint density at radius 3 is 3.00 bits per heavy atom. The second kappa shape index (κ2) is 6.12. The predicted octanol–water partition coefficient (Wildman–Crippen LogP) is 2.03. The predicted molar refractivity (Wildman–Crippen MR) is 68.5 cm³/mol. The Kier molecular flexibility index (Phi) is 4.50. The fourth-order valence-corrected chi connectivity index (χ4v) is 2.19. The van der Waals surface area contributed by atoms with Crippen molar-refractivity contribution in [2.75, 3.05) is 13.2 Å². The molecule has 0 aliphatic carbocycles. The number of aliphatic carboxylic acids is 1. The van der Waals surface area contributed by atoms with Crippen molar-refractivity contribution in [2.24, 2.45) is 0 Å². The summed E-state index contributed by atoms with van der Waals surface area (Å²) in [4.78, 5) is 11.3. The SMILES string of the molecule is Cc1ccc(C(NCC2CCCO2)C(=O)O)cc1F. The largest absolute Gasteiger partial charge is 0.480 e. The van der Waals surface area contributed by atoms with E-state index in [0.29, 0.717) is 17.7 Å². The first-order chi connectivity index (χ1) is 9.08. The first-order valence-corrected chi connectivity index (χ1v) is 6.42. The summed E-state index contributed by atoms with van der Waals surface area (Å²) < 4.78 is 18.9. The molecule has 1 saturated heterocycles. The minimum Gasteiger partial charge on any atom is -0.480 e. The molecule has 1 aliphatic rings. The van der Waals surface area contributed by atoms with Gasteiger partial charge in [-0.1, -0.05) is 12.1 Å². The highest BCUT2D eigenvalue weighted by molar-refractivity contribution is 5.75. The van der Waals surface area contributed by atoms with Gasteiger partial charge in [0.25, 0.3) is 0 Å². The van der Waals surface area contributed by atoms with Gasteiger partial charge in [0.05, 0.1) is 6.10 Å². The van der Waals surface area contributed by atoms with Crippen molar-refractivity contribution in [3.05, 3.63) is 35.1 Å². The van der Waals surface area contributed by atoms with E-state index in [1.165, 1.54) is 6.07 Å². The molecular formula is C14H18FNO3. The highest BCUT2D eigenvalue weighted by Gasteiger charge is 2.23. The van der Waals surface area contributed by atoms with Gasteiger partial charge in [-0.15, -0.1) is 0 Å². The lowest BCUT2D eigenvalue weighted by Gasteiger charge is -2.18. The number of benzene rings is 1. The molecule has 1 aromatic carbocycles. The molecule has 1 heterocycles. The molecular weight excluding hydrogens is 249 g/mol. The number of ether oxygens (including phenoxy) is 1. The number of carbonyl (C=O) groups is 1. The maximum atomic E-state index is 13.5. The quantitative estimate of drug-likeness (QED) is 0.857. The average molecular weight is 267 g/mol. The van der Waals surface area contributed by atoms with E-state index in [9.17, 15) is 14.3 Å². The Bertz CT molecular complexity index is 458. The van der Waals surface area contributed by atoms with E-state index < -0.39 is 12.0 Å². The van der Waals surface area contributed by atoms with Gasteiger partial charge < -0.3 is 9.84 Å². The summed E-state index contributed by atoms with van der Waals surface area (Å²) in [6.45, 7) is 2.84. The summed E-state index contributed by atoms with van der Waals surface area (Å²) in [6.07, 6.45) is 1.99. The highest BCUT2D eigenvalue weighted by atomic mass is 19.1. The van der Waals surface area contributed by atoms with Crippen molar-refractivity contribution in [2.45, 2.75) is 31.9 Å². The molecule has 0 spiro atoms. The third-order valence-electron chi connectivity index (χ3n) is 3.35. The third kappa shape index (κ3) is 3.52. The molecule has 0 radical (unpaired) electrons. The molecule has 0 aromatic heterocycles. The number of hydrogen-bond acceptors (Lipinski definition) is 3. The average Bonchev–Trinajstić information content (AvgIpc) is 2.86. The van der Waals surface area contributed by atoms with Crippen LogP contribution in [0.25, 0.3) is 0 Å². The minimum absolute atomic E-state index is 0.0529. The highest BCUT2D eigenvalue weighted by Crippen LogP contribution is 2.18. The zero-order chi connectivity index (χ0) is 13.8. The second-order valence-electron chi connectivity index (χ2n) is 4.82. The minimum atomic E-state index is -1.01. The monoisotopic (exact) mass is 267 g/mol. The number of nitrogens with one attached hydrogen (secondary N) is 1. The maximum Gasteiger partial charge on any atom is 0.325 e. The van der Waals surface area contributed by atoms with E-state index in [1.54, 1.807) is 19.1 Å². The summed E-state index contributed by atoms with van der Waals surface area (Å²) in [7, 11) is 0. The molecule has 2 atom stereocenters. The summed E-state index contributed by atoms with van der Waals surface area (Å²) >= 11 is 0. The van der Waals surface area contributed by atoms with Crippen molar-refractivity contribution in [3.63, 3.8) is 0 Å². The molecule has 104 valence electrons. The van der Waals surface area contributed by atoms with Crippen LogP contribution in [-0.2, 0) is 9.53 Å². The summed E-state index contributed by atoms with van der Waals surface area (Å²) in [5.74, 6) is -1.40. The zero-order valence-corrected chi connectivity index (χ0v) is 10.9. The van der Waals surface area contributed by atoms with Crippen molar-refractivity contribution >= 4 is 5.97 Å². The second-order valence-corrected chi connectivity index (χ2v) is 4.82. The number of halogens is 1. The van der Waals surface area contributed by atoms with Crippen LogP contribution in [0.2, 0.25) is 0 Å². The lowest BCUT2D eigenvalue weighted by atomic mass is 10.0. The van der Waals surface area contributed by atoms with E-state index in [-0.39, 0.29) is 11.9 Å². The number of aryl methyl sites for hydroxylation is 1. The summed E-state index contributed by atoms with van der Waals surface area (Å²) in [5, 5.41) is 12.2. The summed E-state index contributed by atoms with van der Waals surface area (Å²) in [5.41, 5.74) is 0.931. The molecule has 1 aromatic rings. The first-order valence-electron chi connectivity index (χ1n) is 6.42. The van der Waals surface area contributed by atoms with Crippen LogP contribution < -0.4 is 5.32 Å². The number of carboxylic acid groups (broad SMARTS) is 1. The van der Waals surface area contributed by atoms with Crippen LogP contribution in [0.15, 0.2) is 18.2 Å². The Hall–Kier alpha value is -1.46. The van der Waals surface area contributed by atoms with Crippen LogP contribution >= 0.6 is 0 Å². The molecule has 2 rings (SSSR count). The number of rotatable bonds is 5. The van der Waals surface area contributed by atoms with Crippen molar-refractivity contribution in [1.82, 2.24) is 5.32 Å². The fraction of sp³-hybridized carbons (Fsp3) is 0.500. The lowest BCUT2D eigenvalue weighted by molar-refractivity contribution is -0.139. The molecule has 4 nitrogen and oxygen atoms in total. The molecule has 2 N–H and O–H groups in total. The number of hydrogen-bond donors (Lipinski definition) is 2. The van der Waals surface area contributed by atoms with Gasteiger partial charge in [-0.05, 0) is 37.0 Å². The van der Waals surface area contributed by atoms with Gasteiger partial charge in [0.2, 0.25) is 0 Å². The Morgan fingerprint density at radius 2 is 2.42 bits per heavy atom. The summed E-state index contributed by atoms with van der Waals surface area (Å²) in [6, 6.07) is 3.60. The first kappa shape index (κ1) is 14.0. The van der Waals surface area contributed by atoms with E-state index in [2.05, 4.69) is 5.32 Å². The van der Waals surface area contributed by atoms with Gasteiger partial charge in [0.1, 0.15) is 11.9 Å². The van der Waals surface area contributed by atoms with Gasteiger partial charge in [0.15, 0.2) is 0 Å². The van der Waals surface area contributed by atoms with Gasteiger partial charge in [-0.3, -0.25) is 10.1 Å². The van der Waals surface area contributed by atoms with Crippen LogP contribution in [0, 0.1) is 12.7 Å². The standard InChI is InChI=1S/C14H18FNO3/c1-9-4-5-10(7-12(9)15)13(14(17)18)16-8-11-3-2-6-19-11/h4-5,7,11,13,16H,2-3,6,8H2,1H3,(H,17,18). The molecule has 2 unspecified atom stereocenters. The Balaban J connectivity index is 2.05. The lowest BCUT2D eigenvalue weighted by Crippen LogP contribution is -2.34. The number of carboxylic acids is 1. The molecule has 5 heteroatoms. The topological polar surface area (TPSA) is 58.6 Å². The zero-order valence-electron chi connectivity index (χ0n) is 10.9. The Morgan fingerprint density at radius 1 is 1.63 bits per heavy atom. The maximum absolute atomic E-state index is 13.5. The van der Waals surface area contributed by atoms with Crippen molar-refractivity contribution in [1.29, 1.82) is 0 Å². The fourth-order valence-electron chi connectivity index (χ4n) is 2.19.